The lowest BCUT2D eigenvalue weighted by atomic mass is 10.00. The van der Waals surface area contributed by atoms with E-state index in [0.29, 0.717) is 5.92 Å². The summed E-state index contributed by atoms with van der Waals surface area (Å²) in [5.41, 5.74) is 1.63. The van der Waals surface area contributed by atoms with Gasteiger partial charge >= 0.3 is 0 Å². The molecule has 0 amide bonds. The summed E-state index contributed by atoms with van der Waals surface area (Å²) in [5.74, 6) is 0.427. The van der Waals surface area contributed by atoms with Crippen LogP contribution in [0.1, 0.15) is 43.9 Å². The quantitative estimate of drug-likeness (QED) is 0.584. The van der Waals surface area contributed by atoms with E-state index >= 15 is 0 Å². The number of methoxy groups -OCH3 is 1. The van der Waals surface area contributed by atoms with Crippen LogP contribution in [0, 0.1) is 10.1 Å². The Bertz CT molecular complexity index is 892. The number of nitro benzene ring substituents is 1. The van der Waals surface area contributed by atoms with Gasteiger partial charge in [-0.1, -0.05) is 38.1 Å². The Morgan fingerprint density at radius 2 is 1.62 bits per heavy atom. The number of nitrogens with one attached hydrogen (secondary N) is 1. The van der Waals surface area contributed by atoms with Gasteiger partial charge in [0.25, 0.3) is 5.69 Å². The van der Waals surface area contributed by atoms with Crippen molar-refractivity contribution in [1.82, 2.24) is 4.72 Å². The molecule has 2 aromatic rings. The highest BCUT2D eigenvalue weighted by Gasteiger charge is 2.25. The molecule has 2 aromatic carbocycles. The Morgan fingerprint density at radius 1 is 1.04 bits per heavy atom. The highest BCUT2D eigenvalue weighted by Crippen LogP contribution is 2.29. The first-order chi connectivity index (χ1) is 12.2. The predicted octanol–water partition coefficient (Wildman–Crippen LogP) is 3.77. The second-order valence-electron chi connectivity index (χ2n) is 6.26. The Kier molecular flexibility index (Phi) is 5.99. The predicted molar refractivity (Wildman–Crippen MR) is 98.9 cm³/mol. The first kappa shape index (κ1) is 19.9. The molecule has 0 saturated heterocycles. The maximum Gasteiger partial charge on any atom is 0.271 e. The minimum atomic E-state index is -4.01. The number of nitrogens with zero attached hydrogens (tertiary/aromatic N) is 1. The summed E-state index contributed by atoms with van der Waals surface area (Å²) in [5, 5.41) is 11.0. The van der Waals surface area contributed by atoms with Crippen LogP contribution in [-0.2, 0) is 10.0 Å². The van der Waals surface area contributed by atoms with Crippen LogP contribution in [0.25, 0.3) is 0 Å². The third kappa shape index (κ3) is 4.39. The van der Waals surface area contributed by atoms with Gasteiger partial charge in [0.05, 0.1) is 12.0 Å². The second kappa shape index (κ2) is 7.84. The molecule has 140 valence electrons. The van der Waals surface area contributed by atoms with Crippen molar-refractivity contribution in [3.8, 4) is 5.75 Å². The number of non-ortho nitro benzene ring substituents is 1. The van der Waals surface area contributed by atoms with Crippen molar-refractivity contribution < 1.29 is 18.1 Å². The van der Waals surface area contributed by atoms with Crippen LogP contribution in [0.3, 0.4) is 0 Å². The molecule has 0 aliphatic rings. The molecular formula is C18H22N2O5S. The number of sulfonamides is 1. The number of rotatable bonds is 7. The summed E-state index contributed by atoms with van der Waals surface area (Å²) < 4.78 is 33.1. The van der Waals surface area contributed by atoms with Crippen molar-refractivity contribution in [2.75, 3.05) is 7.11 Å². The fraction of sp³-hybridized carbons (Fsp3) is 0.333. The Balaban J connectivity index is 2.32. The topological polar surface area (TPSA) is 98.5 Å². The van der Waals surface area contributed by atoms with Crippen molar-refractivity contribution in [2.45, 2.75) is 37.6 Å². The minimum Gasteiger partial charge on any atom is -0.495 e. The van der Waals surface area contributed by atoms with Crippen LogP contribution in [0.15, 0.2) is 47.4 Å². The highest BCUT2D eigenvalue weighted by molar-refractivity contribution is 7.89. The molecule has 0 fully saturated rings. The third-order valence-electron chi connectivity index (χ3n) is 4.08. The summed E-state index contributed by atoms with van der Waals surface area (Å²) in [6, 6.07) is 10.6. The Labute approximate surface area is 153 Å². The van der Waals surface area contributed by atoms with Crippen molar-refractivity contribution in [1.29, 1.82) is 0 Å². The second-order valence-corrected chi connectivity index (χ2v) is 7.94. The molecule has 0 aliphatic heterocycles. The Morgan fingerprint density at radius 3 is 2.12 bits per heavy atom. The van der Waals surface area contributed by atoms with Gasteiger partial charge in [0, 0.05) is 18.2 Å². The van der Waals surface area contributed by atoms with Gasteiger partial charge in [-0.25, -0.2) is 13.1 Å². The highest BCUT2D eigenvalue weighted by atomic mass is 32.2. The van der Waals surface area contributed by atoms with Crippen molar-refractivity contribution in [2.24, 2.45) is 0 Å². The lowest BCUT2D eigenvalue weighted by Gasteiger charge is -2.17. The standard InChI is InChI=1S/C18H22N2O5S/c1-12(2)14-5-7-15(8-6-14)13(3)19-26(23,24)18-11-16(20(21)22)9-10-17(18)25-4/h5-13,19H,1-4H3. The average molecular weight is 378 g/mol. The largest absolute Gasteiger partial charge is 0.495 e. The zero-order valence-corrected chi connectivity index (χ0v) is 15.9. The van der Waals surface area contributed by atoms with E-state index in [1.165, 1.54) is 19.2 Å². The summed E-state index contributed by atoms with van der Waals surface area (Å²) in [7, 11) is -2.70. The number of nitro groups is 1. The van der Waals surface area contributed by atoms with Gasteiger partial charge in [0.15, 0.2) is 0 Å². The van der Waals surface area contributed by atoms with E-state index in [0.717, 1.165) is 17.2 Å². The molecule has 0 bridgehead atoms. The zero-order valence-electron chi connectivity index (χ0n) is 15.1. The number of benzene rings is 2. The molecule has 8 heteroatoms. The molecule has 26 heavy (non-hydrogen) atoms. The van der Waals surface area contributed by atoms with Gasteiger partial charge in [-0.15, -0.1) is 0 Å². The first-order valence-corrected chi connectivity index (χ1v) is 9.58. The van der Waals surface area contributed by atoms with E-state index in [-0.39, 0.29) is 16.3 Å². The average Bonchev–Trinajstić information content (AvgIpc) is 2.60. The molecule has 0 spiro atoms. The van der Waals surface area contributed by atoms with E-state index in [2.05, 4.69) is 18.6 Å². The number of hydrogen-bond donors (Lipinski definition) is 1. The van der Waals surface area contributed by atoms with Crippen LogP contribution in [-0.4, -0.2) is 20.5 Å². The summed E-state index contributed by atoms with van der Waals surface area (Å²) in [4.78, 5) is 10.0. The SMILES string of the molecule is COc1ccc([N+](=O)[O-])cc1S(=O)(=O)NC(C)c1ccc(C(C)C)cc1. The van der Waals surface area contributed by atoms with Crippen LogP contribution in [0.2, 0.25) is 0 Å². The van der Waals surface area contributed by atoms with Crippen molar-refractivity contribution >= 4 is 15.7 Å². The lowest BCUT2D eigenvalue weighted by molar-refractivity contribution is -0.385. The smallest absolute Gasteiger partial charge is 0.271 e. The summed E-state index contributed by atoms with van der Waals surface area (Å²) >= 11 is 0. The molecule has 1 N–H and O–H groups in total. The lowest BCUT2D eigenvalue weighted by Crippen LogP contribution is -2.27. The fourth-order valence-electron chi connectivity index (χ4n) is 2.52. The van der Waals surface area contributed by atoms with E-state index < -0.39 is 21.0 Å². The third-order valence-corrected chi connectivity index (χ3v) is 5.64. The van der Waals surface area contributed by atoms with Crippen LogP contribution < -0.4 is 9.46 Å². The molecule has 0 saturated carbocycles. The van der Waals surface area contributed by atoms with E-state index in [9.17, 15) is 18.5 Å². The number of ether oxygens (including phenoxy) is 1. The summed E-state index contributed by atoms with van der Waals surface area (Å²) in [6.45, 7) is 5.87. The van der Waals surface area contributed by atoms with Gasteiger partial charge < -0.3 is 4.74 Å². The van der Waals surface area contributed by atoms with Crippen LogP contribution >= 0.6 is 0 Å². The maximum absolute atomic E-state index is 12.7. The minimum absolute atomic E-state index is 0.0467. The molecule has 1 unspecified atom stereocenters. The molecule has 0 aromatic heterocycles. The Hall–Kier alpha value is -2.45. The molecule has 0 radical (unpaired) electrons. The molecule has 2 rings (SSSR count). The monoisotopic (exact) mass is 378 g/mol. The van der Waals surface area contributed by atoms with Gasteiger partial charge in [-0.2, -0.15) is 0 Å². The van der Waals surface area contributed by atoms with Crippen LogP contribution in [0.5, 0.6) is 5.75 Å². The molecular weight excluding hydrogens is 356 g/mol. The normalized spacial score (nSPS) is 12.8. The van der Waals surface area contributed by atoms with Crippen molar-refractivity contribution in [3.63, 3.8) is 0 Å². The zero-order chi connectivity index (χ0) is 19.5. The van der Waals surface area contributed by atoms with Gasteiger partial charge in [0.2, 0.25) is 10.0 Å². The van der Waals surface area contributed by atoms with E-state index in [1.807, 2.05) is 24.3 Å². The number of hydrogen-bond acceptors (Lipinski definition) is 5. The van der Waals surface area contributed by atoms with E-state index in [1.54, 1.807) is 6.92 Å². The van der Waals surface area contributed by atoms with Gasteiger partial charge in [0.1, 0.15) is 10.6 Å². The first-order valence-electron chi connectivity index (χ1n) is 8.10. The van der Waals surface area contributed by atoms with Crippen LogP contribution in [0.4, 0.5) is 5.69 Å². The van der Waals surface area contributed by atoms with Gasteiger partial charge in [-0.05, 0) is 30.0 Å². The van der Waals surface area contributed by atoms with Gasteiger partial charge in [-0.3, -0.25) is 10.1 Å². The van der Waals surface area contributed by atoms with E-state index in [4.69, 9.17) is 4.74 Å². The molecule has 7 nitrogen and oxygen atoms in total. The fourth-order valence-corrected chi connectivity index (χ4v) is 3.94. The molecule has 1 atom stereocenters. The summed E-state index contributed by atoms with van der Waals surface area (Å²) in [6.07, 6.45) is 0. The molecule has 0 heterocycles. The van der Waals surface area contributed by atoms with Crippen molar-refractivity contribution in [3.05, 3.63) is 63.7 Å². The molecule has 0 aliphatic carbocycles. The maximum atomic E-state index is 12.7.